The molecule has 1 heterocycles. The van der Waals surface area contributed by atoms with Crippen LogP contribution in [-0.4, -0.2) is 22.2 Å². The first-order chi connectivity index (χ1) is 11.5. The minimum absolute atomic E-state index is 0.0531. The predicted octanol–water partition coefficient (Wildman–Crippen LogP) is 3.59. The third kappa shape index (κ3) is 4.66. The highest BCUT2D eigenvalue weighted by Gasteiger charge is 2.18. The summed E-state index contributed by atoms with van der Waals surface area (Å²) < 4.78 is 5.68. The molecule has 1 amide bonds. The normalized spacial score (nSPS) is 11.4. The van der Waals surface area contributed by atoms with Crippen molar-refractivity contribution in [3.05, 3.63) is 70.1 Å². The predicted molar refractivity (Wildman–Crippen MR) is 91.9 cm³/mol. The van der Waals surface area contributed by atoms with Gasteiger partial charge in [-0.1, -0.05) is 30.3 Å². The van der Waals surface area contributed by atoms with Crippen molar-refractivity contribution in [3.63, 3.8) is 0 Å². The summed E-state index contributed by atoms with van der Waals surface area (Å²) in [4.78, 5) is 27.3. The second-order valence-electron chi connectivity index (χ2n) is 4.85. The van der Waals surface area contributed by atoms with Gasteiger partial charge in [-0.3, -0.25) is 10.3 Å². The summed E-state index contributed by atoms with van der Waals surface area (Å²) in [5, 5.41) is 11.7. The molecule has 1 aromatic heterocycles. The number of allylic oxidation sites excluding steroid dienone is 1. The van der Waals surface area contributed by atoms with E-state index in [9.17, 15) is 14.7 Å². The van der Waals surface area contributed by atoms with Gasteiger partial charge in [0.25, 0.3) is 0 Å². The number of hydrogen-bond donors (Lipinski definition) is 2. The average Bonchev–Trinajstić information content (AvgIpc) is 2.58. The van der Waals surface area contributed by atoms with Crippen LogP contribution in [0.4, 0.5) is 4.79 Å². The number of nitrogens with zero attached hydrogens (tertiary/aromatic N) is 1. The van der Waals surface area contributed by atoms with E-state index in [0.29, 0.717) is 15.6 Å². The van der Waals surface area contributed by atoms with Gasteiger partial charge in [0.15, 0.2) is 0 Å². The molecule has 0 aliphatic rings. The zero-order chi connectivity index (χ0) is 17.5. The lowest BCUT2D eigenvalue weighted by atomic mass is 10.1. The van der Waals surface area contributed by atoms with Crippen LogP contribution in [0.1, 0.15) is 18.1 Å². The van der Waals surface area contributed by atoms with Crippen LogP contribution < -0.4 is 5.32 Å². The number of ether oxygens (including phenoxy) is 1. The molecule has 0 radical (unpaired) electrons. The van der Waals surface area contributed by atoms with E-state index in [-0.39, 0.29) is 12.3 Å². The first kappa shape index (κ1) is 17.7. The van der Waals surface area contributed by atoms with E-state index in [1.54, 1.807) is 31.3 Å². The molecule has 2 N–H and O–H groups in total. The average molecular weight is 391 g/mol. The van der Waals surface area contributed by atoms with Gasteiger partial charge in [-0.15, -0.1) is 0 Å². The largest absolute Gasteiger partial charge is 0.477 e. The fourth-order valence-electron chi connectivity index (χ4n) is 1.98. The fourth-order valence-corrected chi connectivity index (χ4v) is 2.53. The molecule has 0 unspecified atom stereocenters. The maximum Gasteiger partial charge on any atom is 0.412 e. The Morgan fingerprint density at radius 1 is 1.25 bits per heavy atom. The number of carbonyl (C=O) groups excluding carboxylic acids is 1. The lowest BCUT2D eigenvalue weighted by molar-refractivity contribution is -0.133. The van der Waals surface area contributed by atoms with Crippen molar-refractivity contribution < 1.29 is 19.4 Å². The summed E-state index contributed by atoms with van der Waals surface area (Å²) in [6.07, 6.45) is 2.25. The van der Waals surface area contributed by atoms with Gasteiger partial charge in [-0.25, -0.2) is 9.59 Å². The van der Waals surface area contributed by atoms with Crippen molar-refractivity contribution in [2.75, 3.05) is 0 Å². The van der Waals surface area contributed by atoms with Gasteiger partial charge in [-0.2, -0.15) is 0 Å². The number of nitrogens with one attached hydrogen (secondary N) is 1. The number of alkyl carbamates (subject to hydrolysis) is 1. The van der Waals surface area contributed by atoms with Gasteiger partial charge in [0.05, 0.1) is 0 Å². The van der Waals surface area contributed by atoms with E-state index >= 15 is 0 Å². The highest BCUT2D eigenvalue weighted by atomic mass is 79.9. The number of aromatic nitrogens is 1. The maximum absolute atomic E-state index is 11.9. The molecule has 0 fully saturated rings. The Labute approximate surface area is 147 Å². The maximum atomic E-state index is 11.9. The Hall–Kier alpha value is -2.67. The summed E-state index contributed by atoms with van der Waals surface area (Å²) in [5.74, 6) is -1.26. The molecule has 0 bridgehead atoms. The number of halogens is 1. The van der Waals surface area contributed by atoms with E-state index in [1.807, 2.05) is 18.2 Å². The Morgan fingerprint density at radius 2 is 1.96 bits per heavy atom. The molecule has 124 valence electrons. The Balaban J connectivity index is 2.13. The second kappa shape index (κ2) is 8.26. The van der Waals surface area contributed by atoms with Crippen molar-refractivity contribution in [2.24, 2.45) is 0 Å². The van der Waals surface area contributed by atoms with Crippen molar-refractivity contribution in [1.82, 2.24) is 10.3 Å². The molecule has 0 spiro atoms. The molecule has 1 aromatic carbocycles. The van der Waals surface area contributed by atoms with Crippen LogP contribution in [0.5, 0.6) is 0 Å². The quantitative estimate of drug-likeness (QED) is 0.761. The standard InChI is InChI=1S/C17H15BrN2O4/c1-11(13-7-8-19-9-14(13)18)15(16(21)22)20-17(23)24-10-12-5-3-2-4-6-12/h2-9H,10H2,1H3,(H,20,23)(H,21,22). The van der Waals surface area contributed by atoms with Crippen LogP contribution in [0.2, 0.25) is 0 Å². The van der Waals surface area contributed by atoms with Crippen LogP contribution in [0, 0.1) is 0 Å². The molecular formula is C17H15BrN2O4. The second-order valence-corrected chi connectivity index (χ2v) is 5.70. The molecule has 0 saturated carbocycles. The number of rotatable bonds is 5. The van der Waals surface area contributed by atoms with Crippen LogP contribution in [0.3, 0.4) is 0 Å². The third-order valence-electron chi connectivity index (χ3n) is 3.21. The van der Waals surface area contributed by atoms with Gasteiger partial charge < -0.3 is 9.84 Å². The van der Waals surface area contributed by atoms with E-state index in [2.05, 4.69) is 26.2 Å². The zero-order valence-corrected chi connectivity index (χ0v) is 14.4. The number of hydrogen-bond acceptors (Lipinski definition) is 4. The van der Waals surface area contributed by atoms with E-state index in [1.165, 1.54) is 6.20 Å². The van der Waals surface area contributed by atoms with E-state index in [0.717, 1.165) is 5.56 Å². The number of benzene rings is 1. The number of carboxylic acid groups (broad SMARTS) is 1. The Bertz CT molecular complexity index is 775. The summed E-state index contributed by atoms with van der Waals surface area (Å²) in [5.41, 5.74) is 1.56. The third-order valence-corrected chi connectivity index (χ3v) is 3.84. The zero-order valence-electron chi connectivity index (χ0n) is 12.8. The lowest BCUT2D eigenvalue weighted by Crippen LogP contribution is -2.28. The summed E-state index contributed by atoms with van der Waals surface area (Å²) in [7, 11) is 0. The first-order valence-corrected chi connectivity index (χ1v) is 7.80. The molecule has 0 atom stereocenters. The highest BCUT2D eigenvalue weighted by Crippen LogP contribution is 2.24. The van der Waals surface area contributed by atoms with Gasteiger partial charge in [-0.05, 0) is 45.6 Å². The summed E-state index contributed by atoms with van der Waals surface area (Å²) in [6, 6.07) is 10.8. The number of aliphatic carboxylic acids is 1. The minimum Gasteiger partial charge on any atom is -0.477 e. The van der Waals surface area contributed by atoms with E-state index in [4.69, 9.17) is 4.74 Å². The van der Waals surface area contributed by atoms with Crippen molar-refractivity contribution in [3.8, 4) is 0 Å². The smallest absolute Gasteiger partial charge is 0.412 e. The molecule has 0 saturated heterocycles. The lowest BCUT2D eigenvalue weighted by Gasteiger charge is -2.12. The van der Waals surface area contributed by atoms with Gasteiger partial charge >= 0.3 is 12.1 Å². The monoisotopic (exact) mass is 390 g/mol. The number of amides is 1. The van der Waals surface area contributed by atoms with Crippen molar-refractivity contribution in [2.45, 2.75) is 13.5 Å². The molecule has 0 aliphatic carbocycles. The SMILES string of the molecule is CC(=C(NC(=O)OCc1ccccc1)C(=O)O)c1ccncc1Br. The molecular weight excluding hydrogens is 376 g/mol. The van der Waals surface area contributed by atoms with Gasteiger partial charge in [0, 0.05) is 16.9 Å². The number of pyridine rings is 1. The van der Waals surface area contributed by atoms with Crippen LogP contribution in [-0.2, 0) is 16.1 Å². The summed E-state index contributed by atoms with van der Waals surface area (Å²) >= 11 is 3.31. The molecule has 0 aliphatic heterocycles. The van der Waals surface area contributed by atoms with Gasteiger partial charge in [0.1, 0.15) is 12.3 Å². The van der Waals surface area contributed by atoms with Crippen LogP contribution >= 0.6 is 15.9 Å². The number of carbonyl (C=O) groups is 2. The molecule has 6 nitrogen and oxygen atoms in total. The fraction of sp³-hybridized carbons (Fsp3) is 0.118. The van der Waals surface area contributed by atoms with E-state index < -0.39 is 12.1 Å². The Kier molecular flexibility index (Phi) is 6.08. The van der Waals surface area contributed by atoms with Crippen molar-refractivity contribution in [1.29, 1.82) is 0 Å². The summed E-state index contributed by atoms with van der Waals surface area (Å²) in [6.45, 7) is 1.65. The molecule has 7 heteroatoms. The van der Waals surface area contributed by atoms with Crippen LogP contribution in [0.25, 0.3) is 5.57 Å². The van der Waals surface area contributed by atoms with Crippen LogP contribution in [0.15, 0.2) is 59.0 Å². The molecule has 2 rings (SSSR count). The highest BCUT2D eigenvalue weighted by molar-refractivity contribution is 9.10. The first-order valence-electron chi connectivity index (χ1n) is 7.00. The topological polar surface area (TPSA) is 88.5 Å². The molecule has 2 aromatic rings. The number of carboxylic acids is 1. The minimum atomic E-state index is -1.26. The Morgan fingerprint density at radius 3 is 2.58 bits per heavy atom. The van der Waals surface area contributed by atoms with Gasteiger partial charge in [0.2, 0.25) is 0 Å². The molecule has 24 heavy (non-hydrogen) atoms. The van der Waals surface area contributed by atoms with Crippen molar-refractivity contribution >= 4 is 33.6 Å².